The molecule has 1 heterocycles. The monoisotopic (exact) mass is 469 g/mol. The zero-order valence-electron chi connectivity index (χ0n) is 16.9. The van der Waals surface area contributed by atoms with E-state index in [1.807, 2.05) is 0 Å². The van der Waals surface area contributed by atoms with Crippen LogP contribution in [-0.4, -0.2) is 26.7 Å². The Balaban J connectivity index is 2.46. The van der Waals surface area contributed by atoms with Crippen molar-refractivity contribution in [1.29, 1.82) is 0 Å². The summed E-state index contributed by atoms with van der Waals surface area (Å²) in [5.74, 6) is -5.75. The number of halogens is 4. The number of carboxylic acid groups (broad SMARTS) is 1. The van der Waals surface area contributed by atoms with Gasteiger partial charge < -0.3 is 10.2 Å². The summed E-state index contributed by atoms with van der Waals surface area (Å²) in [4.78, 5) is 25.5. The van der Waals surface area contributed by atoms with Crippen LogP contribution in [0.15, 0.2) is 24.3 Å². The van der Waals surface area contributed by atoms with Crippen LogP contribution < -0.4 is 0 Å². The van der Waals surface area contributed by atoms with E-state index in [4.69, 9.17) is 23.2 Å². The Labute approximate surface area is 186 Å². The van der Waals surface area contributed by atoms with E-state index in [0.29, 0.717) is 6.42 Å². The Morgan fingerprint density at radius 2 is 1.81 bits per heavy atom. The number of rotatable bonds is 5. The van der Waals surface area contributed by atoms with Gasteiger partial charge in [-0.1, -0.05) is 36.5 Å². The number of phenolic OH excluding ortho intramolecular Hbond substituents is 1. The van der Waals surface area contributed by atoms with E-state index < -0.39 is 34.7 Å². The predicted molar refractivity (Wildman–Crippen MR) is 114 cm³/mol. The highest BCUT2D eigenvalue weighted by molar-refractivity contribution is 6.42. The Morgan fingerprint density at radius 3 is 2.35 bits per heavy atom. The van der Waals surface area contributed by atoms with Crippen molar-refractivity contribution in [2.45, 2.75) is 39.0 Å². The van der Waals surface area contributed by atoms with Crippen LogP contribution in [-0.2, 0) is 10.2 Å². The van der Waals surface area contributed by atoms with Crippen molar-refractivity contribution < 1.29 is 28.6 Å². The highest BCUT2D eigenvalue weighted by atomic mass is 35.5. The lowest BCUT2D eigenvalue weighted by Crippen LogP contribution is -2.33. The Hall–Kier alpha value is -2.64. The number of carbonyl (C=O) groups excluding carboxylic acids is 1. The van der Waals surface area contributed by atoms with Crippen molar-refractivity contribution in [2.75, 3.05) is 0 Å². The summed E-state index contributed by atoms with van der Waals surface area (Å²) < 4.78 is 30.4. The average Bonchev–Trinajstić information content (AvgIpc) is 3.00. The van der Waals surface area contributed by atoms with Gasteiger partial charge in [0, 0.05) is 28.3 Å². The van der Waals surface area contributed by atoms with Crippen LogP contribution in [0, 0.1) is 18.6 Å². The minimum absolute atomic E-state index is 0.00180. The van der Waals surface area contributed by atoms with Crippen molar-refractivity contribution in [3.8, 4) is 5.75 Å². The first-order valence-corrected chi connectivity index (χ1v) is 10.2. The Bertz CT molecular complexity index is 1240. The van der Waals surface area contributed by atoms with Gasteiger partial charge in [0.2, 0.25) is 0 Å². The lowest BCUT2D eigenvalue weighted by atomic mass is 9.77. The fraction of sp³-hybridized carbons (Fsp3) is 0.273. The molecular formula is C22H19Cl2F2NO4. The lowest BCUT2D eigenvalue weighted by Gasteiger charge is -2.25. The van der Waals surface area contributed by atoms with Crippen molar-refractivity contribution in [3.05, 3.63) is 62.8 Å². The van der Waals surface area contributed by atoms with Gasteiger partial charge in [0.15, 0.2) is 17.4 Å². The molecule has 9 heteroatoms. The standard InChI is InChI=1S/C22H19Cl2F2NO4/c1-4-7-22(3,21(30)31)17-10(2)27(15-9-14(25)19(28)18(26)16(15)17)20(29)11-5-6-12(23)13(24)8-11/h5-6,8-9,28H,4,7H2,1-3H3,(H,30,31)/t22-/m1/s1. The molecule has 1 aromatic heterocycles. The fourth-order valence-corrected chi connectivity index (χ4v) is 4.32. The molecule has 3 aromatic rings. The first kappa shape index (κ1) is 23.0. The smallest absolute Gasteiger partial charge is 0.313 e. The minimum atomic E-state index is -1.59. The molecule has 0 amide bonds. The van der Waals surface area contributed by atoms with E-state index in [0.717, 1.165) is 10.6 Å². The third-order valence-electron chi connectivity index (χ3n) is 5.50. The van der Waals surface area contributed by atoms with Crippen molar-refractivity contribution in [2.24, 2.45) is 0 Å². The van der Waals surface area contributed by atoms with E-state index in [1.54, 1.807) is 6.92 Å². The molecule has 0 bridgehead atoms. The number of hydrogen-bond acceptors (Lipinski definition) is 3. The van der Waals surface area contributed by atoms with Gasteiger partial charge in [-0.3, -0.25) is 14.2 Å². The number of aromatic hydroxyl groups is 1. The second kappa shape index (κ2) is 8.13. The average molecular weight is 470 g/mol. The van der Waals surface area contributed by atoms with Crippen LogP contribution in [0.3, 0.4) is 0 Å². The highest BCUT2D eigenvalue weighted by Crippen LogP contribution is 2.43. The second-order valence-corrected chi connectivity index (χ2v) is 8.35. The molecule has 0 saturated carbocycles. The Morgan fingerprint density at radius 1 is 1.16 bits per heavy atom. The maximum absolute atomic E-state index is 15.1. The molecule has 3 rings (SSSR count). The van der Waals surface area contributed by atoms with Crippen molar-refractivity contribution >= 4 is 46.0 Å². The molecule has 0 aliphatic rings. The van der Waals surface area contributed by atoms with Gasteiger partial charge in [0.05, 0.1) is 21.0 Å². The summed E-state index contributed by atoms with van der Waals surface area (Å²) in [6.07, 6.45) is 0.575. The number of fused-ring (bicyclic) bond motifs is 1. The molecule has 0 aliphatic carbocycles. The quantitative estimate of drug-likeness (QED) is 0.475. The topological polar surface area (TPSA) is 79.5 Å². The van der Waals surface area contributed by atoms with Crippen LogP contribution in [0.1, 0.15) is 48.3 Å². The summed E-state index contributed by atoms with van der Waals surface area (Å²) in [6, 6.07) is 4.93. The SMILES string of the molecule is CCC[C@@](C)(C(=O)O)c1c(C)n(C(=O)c2ccc(Cl)c(Cl)c2)c2cc(F)c(O)c(F)c12. The molecule has 0 spiro atoms. The highest BCUT2D eigenvalue weighted by Gasteiger charge is 2.41. The van der Waals surface area contributed by atoms with Crippen LogP contribution in [0.25, 0.3) is 10.9 Å². The van der Waals surface area contributed by atoms with Crippen molar-refractivity contribution in [3.63, 3.8) is 0 Å². The number of benzene rings is 2. The Kier molecular flexibility index (Phi) is 6.04. The summed E-state index contributed by atoms with van der Waals surface area (Å²) in [7, 11) is 0. The van der Waals surface area contributed by atoms with Crippen LogP contribution >= 0.6 is 23.2 Å². The summed E-state index contributed by atoms with van der Waals surface area (Å²) in [5.41, 5.74) is -1.58. The van der Waals surface area contributed by atoms with Gasteiger partial charge >= 0.3 is 5.97 Å². The van der Waals surface area contributed by atoms with Crippen molar-refractivity contribution in [1.82, 2.24) is 4.57 Å². The van der Waals surface area contributed by atoms with Gasteiger partial charge in [0.1, 0.15) is 0 Å². The molecular weight excluding hydrogens is 451 g/mol. The fourth-order valence-electron chi connectivity index (χ4n) is 4.02. The molecule has 2 N–H and O–H groups in total. The van der Waals surface area contributed by atoms with Crippen LogP contribution in [0.2, 0.25) is 10.0 Å². The number of nitrogens with zero attached hydrogens (tertiary/aromatic N) is 1. The van der Waals surface area contributed by atoms with Crippen LogP contribution in [0.4, 0.5) is 8.78 Å². The first-order valence-electron chi connectivity index (χ1n) is 9.41. The summed E-state index contributed by atoms with van der Waals surface area (Å²) in [5, 5.41) is 19.8. The predicted octanol–water partition coefficient (Wildman–Crippen LogP) is 6.07. The minimum Gasteiger partial charge on any atom is -0.503 e. The molecule has 164 valence electrons. The summed E-state index contributed by atoms with van der Waals surface area (Å²) >= 11 is 11.9. The van der Waals surface area contributed by atoms with Gasteiger partial charge in [-0.25, -0.2) is 8.78 Å². The van der Waals surface area contributed by atoms with Crippen LogP contribution in [0.5, 0.6) is 5.75 Å². The van der Waals surface area contributed by atoms with E-state index in [9.17, 15) is 24.2 Å². The number of hydrogen-bond donors (Lipinski definition) is 2. The van der Waals surface area contributed by atoms with Gasteiger partial charge in [-0.2, -0.15) is 0 Å². The van der Waals surface area contributed by atoms with E-state index in [-0.39, 0.29) is 44.2 Å². The molecule has 0 fully saturated rings. The van der Waals surface area contributed by atoms with E-state index >= 15 is 4.39 Å². The largest absolute Gasteiger partial charge is 0.503 e. The van der Waals surface area contributed by atoms with E-state index in [1.165, 1.54) is 32.0 Å². The number of phenols is 1. The van der Waals surface area contributed by atoms with Gasteiger partial charge in [0.25, 0.3) is 5.91 Å². The van der Waals surface area contributed by atoms with E-state index in [2.05, 4.69) is 0 Å². The summed E-state index contributed by atoms with van der Waals surface area (Å²) in [6.45, 7) is 4.63. The molecule has 5 nitrogen and oxygen atoms in total. The second-order valence-electron chi connectivity index (χ2n) is 7.53. The molecule has 0 saturated heterocycles. The molecule has 0 unspecified atom stereocenters. The van der Waals surface area contributed by atoms with Gasteiger partial charge in [-0.15, -0.1) is 0 Å². The molecule has 0 aliphatic heterocycles. The zero-order chi connectivity index (χ0) is 23.2. The molecule has 2 aromatic carbocycles. The maximum Gasteiger partial charge on any atom is 0.313 e. The lowest BCUT2D eigenvalue weighted by molar-refractivity contribution is -0.143. The number of aromatic nitrogens is 1. The normalized spacial score (nSPS) is 13.4. The zero-order valence-corrected chi connectivity index (χ0v) is 18.4. The molecule has 0 radical (unpaired) electrons. The number of carboxylic acids is 1. The third-order valence-corrected chi connectivity index (χ3v) is 6.24. The first-order chi connectivity index (χ1) is 14.5. The molecule has 31 heavy (non-hydrogen) atoms. The maximum atomic E-state index is 15.1. The van der Waals surface area contributed by atoms with Gasteiger partial charge in [-0.05, 0) is 38.5 Å². The molecule has 1 atom stereocenters. The third kappa shape index (κ3) is 3.55. The number of carbonyl (C=O) groups is 2. The number of aliphatic carboxylic acids is 1.